The summed E-state index contributed by atoms with van der Waals surface area (Å²) in [5, 5.41) is 19.1. The quantitative estimate of drug-likeness (QED) is 0.439. The third-order valence-corrected chi connectivity index (χ3v) is 3.33. The van der Waals surface area contributed by atoms with Gasteiger partial charge in [-0.1, -0.05) is 12.1 Å². The van der Waals surface area contributed by atoms with Gasteiger partial charge in [0.25, 0.3) is 0 Å². The maximum Gasteiger partial charge on any atom is 0.434 e. The van der Waals surface area contributed by atoms with Gasteiger partial charge < -0.3 is 15.3 Å². The fraction of sp³-hybridized carbons (Fsp3) is 0.143. The number of fused-ring (bicyclic) bond motifs is 1. The number of alkyl halides is 3. The highest BCUT2D eigenvalue weighted by molar-refractivity contribution is 5.88. The molecule has 2 heterocycles. The summed E-state index contributed by atoms with van der Waals surface area (Å²) in [5.41, 5.74) is 2.38. The molecule has 0 aliphatic heterocycles. The average molecular weight is 324 g/mol. The molecule has 9 heteroatoms. The summed E-state index contributed by atoms with van der Waals surface area (Å²) in [4.78, 5) is 10.1. The summed E-state index contributed by atoms with van der Waals surface area (Å²) in [6, 6.07) is 6.61. The van der Waals surface area contributed by atoms with Crippen molar-refractivity contribution in [2.45, 2.75) is 12.4 Å². The molecule has 0 saturated carbocycles. The van der Waals surface area contributed by atoms with Gasteiger partial charge in [-0.2, -0.15) is 18.7 Å². The molecule has 1 atom stereocenters. The molecule has 6 nitrogen and oxygen atoms in total. The molecular formula is C14H11F3N4O2. The van der Waals surface area contributed by atoms with Crippen LogP contribution in [0, 0.1) is 0 Å². The van der Waals surface area contributed by atoms with Crippen molar-refractivity contribution in [3.8, 4) is 11.4 Å². The van der Waals surface area contributed by atoms with Crippen LogP contribution in [0.1, 0.15) is 17.5 Å². The van der Waals surface area contributed by atoms with E-state index in [1.165, 1.54) is 0 Å². The Morgan fingerprint density at radius 3 is 2.57 bits per heavy atom. The van der Waals surface area contributed by atoms with Crippen LogP contribution < -0.4 is 5.48 Å². The Bertz CT molecular complexity index is 830. The van der Waals surface area contributed by atoms with E-state index in [1.807, 2.05) is 0 Å². The van der Waals surface area contributed by atoms with Crippen molar-refractivity contribution in [3.63, 3.8) is 0 Å². The number of hydrogen-bond acceptors (Lipinski definition) is 5. The normalized spacial score (nSPS) is 13.4. The zero-order valence-electron chi connectivity index (χ0n) is 11.5. The van der Waals surface area contributed by atoms with Crippen molar-refractivity contribution >= 4 is 10.9 Å². The predicted molar refractivity (Wildman–Crippen MR) is 74.2 cm³/mol. The lowest BCUT2D eigenvalue weighted by Gasteiger charge is -2.09. The van der Waals surface area contributed by atoms with E-state index in [0.29, 0.717) is 28.4 Å². The molecular weight excluding hydrogens is 313 g/mol. The number of nitrogens with zero attached hydrogens (tertiary/aromatic N) is 2. The number of aromatic amines is 1. The number of benzene rings is 1. The molecule has 0 saturated heterocycles. The molecule has 0 aliphatic rings. The van der Waals surface area contributed by atoms with Crippen LogP contribution in [0.25, 0.3) is 22.3 Å². The molecule has 120 valence electrons. The maximum atomic E-state index is 12.5. The maximum absolute atomic E-state index is 12.5. The fourth-order valence-corrected chi connectivity index (χ4v) is 2.24. The lowest BCUT2D eigenvalue weighted by Crippen LogP contribution is -2.16. The highest BCUT2D eigenvalue weighted by Crippen LogP contribution is 2.30. The van der Waals surface area contributed by atoms with Gasteiger partial charge >= 0.3 is 6.18 Å². The smallest absolute Gasteiger partial charge is 0.372 e. The van der Waals surface area contributed by atoms with Crippen LogP contribution in [0.4, 0.5) is 13.2 Å². The van der Waals surface area contributed by atoms with Gasteiger partial charge in [-0.25, -0.2) is 4.98 Å². The standard InChI is InChI=1S/C14H11F3N4O2/c15-14(16,17)12-6-18-11(5-19-12)10-4-8-7(13(22)21-23)2-1-3-9(8)20-10/h1-6,13,20-23H. The van der Waals surface area contributed by atoms with Gasteiger partial charge in [-0.05, 0) is 12.1 Å². The van der Waals surface area contributed by atoms with Crippen molar-refractivity contribution < 1.29 is 23.5 Å². The number of aliphatic hydroxyl groups is 1. The minimum atomic E-state index is -4.55. The second kappa shape index (κ2) is 5.61. The van der Waals surface area contributed by atoms with Crippen molar-refractivity contribution in [1.29, 1.82) is 0 Å². The van der Waals surface area contributed by atoms with E-state index in [-0.39, 0.29) is 5.69 Å². The predicted octanol–water partition coefficient (Wildman–Crippen LogP) is 2.61. The van der Waals surface area contributed by atoms with Crippen LogP contribution in [-0.4, -0.2) is 25.3 Å². The zero-order valence-corrected chi connectivity index (χ0v) is 11.5. The van der Waals surface area contributed by atoms with Crippen LogP contribution in [0.5, 0.6) is 0 Å². The van der Waals surface area contributed by atoms with Crippen LogP contribution >= 0.6 is 0 Å². The van der Waals surface area contributed by atoms with Crippen LogP contribution in [0.3, 0.4) is 0 Å². The zero-order chi connectivity index (χ0) is 16.6. The first-order chi connectivity index (χ1) is 10.9. The highest BCUT2D eigenvalue weighted by Gasteiger charge is 2.32. The monoisotopic (exact) mass is 324 g/mol. The lowest BCUT2D eigenvalue weighted by atomic mass is 10.1. The SMILES string of the molecule is ONC(O)c1cccc2[nH]c(-c3cnc(C(F)(F)F)cn3)cc12. The Balaban J connectivity index is 2.04. The van der Waals surface area contributed by atoms with Crippen molar-refractivity contribution in [2.75, 3.05) is 0 Å². The molecule has 2 aromatic heterocycles. The number of aliphatic hydroxyl groups excluding tert-OH is 1. The summed E-state index contributed by atoms with van der Waals surface area (Å²) in [7, 11) is 0. The molecule has 1 unspecified atom stereocenters. The van der Waals surface area contributed by atoms with Crippen LogP contribution in [-0.2, 0) is 6.18 Å². The Hall–Kier alpha value is -2.49. The lowest BCUT2D eigenvalue weighted by molar-refractivity contribution is -0.141. The summed E-state index contributed by atoms with van der Waals surface area (Å²) < 4.78 is 37.5. The molecule has 1 aromatic carbocycles. The van der Waals surface area contributed by atoms with Crippen molar-refractivity contribution in [1.82, 2.24) is 20.4 Å². The minimum absolute atomic E-state index is 0.228. The van der Waals surface area contributed by atoms with Crippen LogP contribution in [0.15, 0.2) is 36.7 Å². The highest BCUT2D eigenvalue weighted by atomic mass is 19.4. The number of hydrogen-bond donors (Lipinski definition) is 4. The Labute approximate surface area is 127 Å². The number of halogens is 3. The fourth-order valence-electron chi connectivity index (χ4n) is 2.24. The second-order valence-corrected chi connectivity index (χ2v) is 4.81. The van der Waals surface area contributed by atoms with Gasteiger partial charge in [0, 0.05) is 16.5 Å². The third-order valence-electron chi connectivity index (χ3n) is 3.33. The van der Waals surface area contributed by atoms with E-state index in [9.17, 15) is 18.3 Å². The topological polar surface area (TPSA) is 94.1 Å². The van der Waals surface area contributed by atoms with Crippen molar-refractivity contribution in [3.05, 3.63) is 47.9 Å². The molecule has 4 N–H and O–H groups in total. The number of nitrogens with one attached hydrogen (secondary N) is 2. The van der Waals surface area contributed by atoms with Crippen molar-refractivity contribution in [2.24, 2.45) is 0 Å². The summed E-state index contributed by atoms with van der Waals surface area (Å²) in [6.07, 6.45) is -4.16. The molecule has 3 rings (SSSR count). The molecule has 0 amide bonds. The Kier molecular flexibility index (Phi) is 3.76. The first-order valence-corrected chi connectivity index (χ1v) is 6.49. The summed E-state index contributed by atoms with van der Waals surface area (Å²) in [5.74, 6) is 0. The van der Waals surface area contributed by atoms with E-state index in [0.717, 1.165) is 6.20 Å². The number of H-pyrrole nitrogens is 1. The van der Waals surface area contributed by atoms with Gasteiger partial charge in [-0.3, -0.25) is 4.98 Å². The largest absolute Gasteiger partial charge is 0.434 e. The van der Waals surface area contributed by atoms with Gasteiger partial charge in [-0.15, -0.1) is 0 Å². The van der Waals surface area contributed by atoms with E-state index in [4.69, 9.17) is 5.21 Å². The Morgan fingerprint density at radius 2 is 1.96 bits per heavy atom. The van der Waals surface area contributed by atoms with E-state index in [1.54, 1.807) is 29.7 Å². The van der Waals surface area contributed by atoms with Gasteiger partial charge in [0.1, 0.15) is 5.69 Å². The molecule has 0 aliphatic carbocycles. The third kappa shape index (κ3) is 2.89. The number of hydroxylamine groups is 1. The number of rotatable bonds is 3. The van der Waals surface area contributed by atoms with E-state index < -0.39 is 18.1 Å². The first kappa shape index (κ1) is 15.4. The Morgan fingerprint density at radius 1 is 1.17 bits per heavy atom. The van der Waals surface area contributed by atoms with Crippen LogP contribution in [0.2, 0.25) is 0 Å². The molecule has 0 fully saturated rings. The first-order valence-electron chi connectivity index (χ1n) is 6.49. The summed E-state index contributed by atoms with van der Waals surface area (Å²) >= 11 is 0. The van der Waals surface area contributed by atoms with E-state index >= 15 is 0 Å². The molecule has 23 heavy (non-hydrogen) atoms. The van der Waals surface area contributed by atoms with Gasteiger partial charge in [0.05, 0.1) is 18.1 Å². The number of aromatic nitrogens is 3. The molecule has 0 spiro atoms. The second-order valence-electron chi connectivity index (χ2n) is 4.81. The summed E-state index contributed by atoms with van der Waals surface area (Å²) in [6.45, 7) is 0. The van der Waals surface area contributed by atoms with Gasteiger partial charge in [0.2, 0.25) is 0 Å². The average Bonchev–Trinajstić information content (AvgIpc) is 2.97. The van der Waals surface area contributed by atoms with Gasteiger partial charge in [0.15, 0.2) is 11.9 Å². The van der Waals surface area contributed by atoms with E-state index in [2.05, 4.69) is 15.0 Å². The molecule has 0 bridgehead atoms. The molecule has 0 radical (unpaired) electrons. The minimum Gasteiger partial charge on any atom is -0.372 e. The molecule has 3 aromatic rings.